The summed E-state index contributed by atoms with van der Waals surface area (Å²) in [6.07, 6.45) is 4.14. The van der Waals surface area contributed by atoms with Crippen LogP contribution in [0.15, 0.2) is 121 Å². The summed E-state index contributed by atoms with van der Waals surface area (Å²) in [4.78, 5) is 4.92. The van der Waals surface area contributed by atoms with E-state index >= 15 is 0 Å². The van der Waals surface area contributed by atoms with Crippen molar-refractivity contribution in [3.05, 3.63) is 150 Å². The number of hydrogen-bond acceptors (Lipinski definition) is 2. The maximum atomic E-state index is 7.04. The minimum absolute atomic E-state index is 0.00251. The molecule has 5 aromatic carbocycles. The van der Waals surface area contributed by atoms with E-state index < -0.39 is 0 Å². The van der Waals surface area contributed by atoms with E-state index in [-0.39, 0.29) is 21.7 Å². The molecule has 9 rings (SSSR count). The van der Waals surface area contributed by atoms with Crippen molar-refractivity contribution in [2.45, 2.75) is 118 Å². The van der Waals surface area contributed by atoms with Gasteiger partial charge in [-0.05, 0) is 93.2 Å². The Balaban J connectivity index is 1.20. The molecule has 302 valence electrons. The summed E-state index contributed by atoms with van der Waals surface area (Å²) in [6, 6.07) is 43.1. The Kier molecular flexibility index (Phi) is 8.74. The first kappa shape index (κ1) is 39.2. The van der Waals surface area contributed by atoms with Crippen LogP contribution in [0.2, 0.25) is 0 Å². The molecule has 59 heavy (non-hydrogen) atoms. The fourth-order valence-electron chi connectivity index (χ4n) is 9.39. The van der Waals surface area contributed by atoms with Crippen molar-refractivity contribution in [1.82, 2.24) is 18.7 Å². The van der Waals surface area contributed by atoms with Crippen molar-refractivity contribution in [2.24, 2.45) is 0 Å². The summed E-state index contributed by atoms with van der Waals surface area (Å²) < 4.78 is 10.6. The van der Waals surface area contributed by atoms with Gasteiger partial charge in [0, 0.05) is 59.4 Å². The number of nitrogens with zero attached hydrogens (tertiary/aromatic N) is 4. The number of pyridine rings is 1. The zero-order valence-electron chi connectivity index (χ0n) is 37.2. The molecule has 1 saturated heterocycles. The van der Waals surface area contributed by atoms with E-state index in [1.54, 1.807) is 0 Å². The van der Waals surface area contributed by atoms with Gasteiger partial charge in [-0.3, -0.25) is 4.57 Å². The summed E-state index contributed by atoms with van der Waals surface area (Å²) in [5, 5.41) is 2.37. The largest absolute Gasteiger partial charge is 0.457 e. The minimum Gasteiger partial charge on any atom is -0.457 e. The van der Waals surface area contributed by atoms with Crippen LogP contribution in [0.5, 0.6) is 11.5 Å². The number of ether oxygens (including phenoxy) is 1. The highest BCUT2D eigenvalue weighted by molar-refractivity contribution is 6.09. The zero-order chi connectivity index (χ0) is 41.9. The normalized spacial score (nSPS) is 19.1. The summed E-state index contributed by atoms with van der Waals surface area (Å²) in [6.45, 7) is 30.1. The topological polar surface area (TPSA) is 27.1 Å². The third-order valence-corrected chi connectivity index (χ3v) is 13.7. The van der Waals surface area contributed by atoms with Crippen LogP contribution in [0.25, 0.3) is 27.6 Å². The van der Waals surface area contributed by atoms with Crippen molar-refractivity contribution < 1.29 is 4.74 Å². The molecule has 0 bridgehead atoms. The number of benzene rings is 5. The van der Waals surface area contributed by atoms with Gasteiger partial charge in [-0.2, -0.15) is 9.18 Å². The molecule has 2 aliphatic heterocycles. The summed E-state index contributed by atoms with van der Waals surface area (Å²) in [5.74, 6) is 2.55. The first-order chi connectivity index (χ1) is 27.8. The lowest BCUT2D eigenvalue weighted by molar-refractivity contribution is 0.415. The highest BCUT2D eigenvalue weighted by Gasteiger charge is 2.78. The maximum Gasteiger partial charge on any atom is 0.225 e. The van der Waals surface area contributed by atoms with Gasteiger partial charge in [-0.25, -0.2) is 4.98 Å². The Morgan fingerprint density at radius 2 is 1.19 bits per heavy atom. The average Bonchev–Trinajstić information content (AvgIpc) is 3.70. The molecular weight excluding hydrogens is 721 g/mol. The predicted octanol–water partition coefficient (Wildman–Crippen LogP) is 15.3. The van der Waals surface area contributed by atoms with Crippen LogP contribution in [-0.2, 0) is 21.7 Å². The van der Waals surface area contributed by atoms with Gasteiger partial charge in [0.15, 0.2) is 18.0 Å². The molecule has 1 unspecified atom stereocenters. The smallest absolute Gasteiger partial charge is 0.225 e. The molecule has 7 aromatic rings. The van der Waals surface area contributed by atoms with Crippen LogP contribution in [0.4, 0.5) is 22.7 Å². The van der Waals surface area contributed by atoms with Gasteiger partial charge >= 0.3 is 0 Å². The Bertz CT molecular complexity index is 2790. The highest BCUT2D eigenvalue weighted by Crippen LogP contribution is 2.76. The maximum absolute atomic E-state index is 7.04. The molecule has 1 fully saturated rings. The molecule has 0 aliphatic carbocycles. The molecule has 2 aromatic heterocycles. The number of fused-ring (bicyclic) bond motifs is 7. The number of rotatable bonds is 8. The van der Waals surface area contributed by atoms with E-state index in [0.29, 0.717) is 9.18 Å². The average molecular weight is 782 g/mol. The molecule has 0 N–H and O–H groups in total. The Labute approximate surface area is 352 Å². The van der Waals surface area contributed by atoms with Gasteiger partial charge in [0.2, 0.25) is 11.4 Å². The van der Waals surface area contributed by atoms with Gasteiger partial charge in [-0.1, -0.05) is 119 Å². The monoisotopic (exact) mass is 781 g/mol. The molecule has 2 atom stereocenters. The van der Waals surface area contributed by atoms with Crippen LogP contribution >= 0.6 is 0 Å². The van der Waals surface area contributed by atoms with Crippen LogP contribution in [0.1, 0.15) is 118 Å². The molecule has 0 saturated carbocycles. The first-order valence-corrected chi connectivity index (χ1v) is 21.6. The lowest BCUT2D eigenvalue weighted by atomic mass is 9.78. The second-order valence-corrected chi connectivity index (χ2v) is 20.5. The molecule has 0 radical (unpaired) electrons. The van der Waals surface area contributed by atoms with Crippen molar-refractivity contribution in [2.75, 3.05) is 0 Å². The third-order valence-electron chi connectivity index (χ3n) is 13.7. The fraction of sp³-hybridized carbons (Fsp3) is 0.333. The second kappa shape index (κ2) is 13.1. The lowest BCUT2D eigenvalue weighted by Crippen LogP contribution is -2.47. The molecule has 5 heteroatoms. The Morgan fingerprint density at radius 3 is 1.90 bits per heavy atom. The molecule has 2 aliphatic rings. The molecule has 0 amide bonds. The molecule has 0 spiro atoms. The van der Waals surface area contributed by atoms with Gasteiger partial charge in [0.25, 0.3) is 0 Å². The van der Waals surface area contributed by atoms with Crippen LogP contribution in [0.3, 0.4) is 0 Å². The van der Waals surface area contributed by atoms with Crippen LogP contribution in [0, 0.1) is 6.67 Å². The number of para-hydroxylation sites is 1. The van der Waals surface area contributed by atoms with Crippen molar-refractivity contribution in [3.8, 4) is 17.3 Å². The summed E-state index contributed by atoms with van der Waals surface area (Å²) in [7, 11) is 0. The number of hydrogen-bond donors (Lipinski definition) is 0. The van der Waals surface area contributed by atoms with Crippen LogP contribution in [-0.4, -0.2) is 9.55 Å². The first-order valence-electron chi connectivity index (χ1n) is 21.6. The third kappa shape index (κ3) is 5.98. The van der Waals surface area contributed by atoms with E-state index in [0.717, 1.165) is 41.2 Å². The SMILES string of the molecule is CCC(C)(CC)c1cccc([N@+]23[CH-][N+]2(c2cc(Oc4ccc5c6ccccc6n(-c6cc(C(C)(C)C)ccn6)c5c4)cc(C(C)(C)C)c2)c2cc(C(C)(C)C)ccc23)c1. The van der Waals surface area contributed by atoms with Gasteiger partial charge in [0.05, 0.1) is 11.0 Å². The van der Waals surface area contributed by atoms with E-state index in [2.05, 4.69) is 210 Å². The lowest BCUT2D eigenvalue weighted by Gasteiger charge is -2.41. The van der Waals surface area contributed by atoms with E-state index in [4.69, 9.17) is 9.72 Å². The quantitative estimate of drug-likeness (QED) is 0.0872. The van der Waals surface area contributed by atoms with Gasteiger partial charge in [0.1, 0.15) is 17.3 Å². The Hall–Kier alpha value is -5.23. The molecular formula is C54H61N4O+. The zero-order valence-corrected chi connectivity index (χ0v) is 37.2. The molecule has 5 nitrogen and oxygen atoms in total. The van der Waals surface area contributed by atoms with Crippen molar-refractivity contribution in [3.63, 3.8) is 0 Å². The molecule has 4 heterocycles. The summed E-state index contributed by atoms with van der Waals surface area (Å²) >= 11 is 0. The van der Waals surface area contributed by atoms with E-state index in [1.165, 1.54) is 55.8 Å². The minimum atomic E-state index is -0.108. The van der Waals surface area contributed by atoms with Crippen molar-refractivity contribution in [1.29, 1.82) is 0 Å². The van der Waals surface area contributed by atoms with Gasteiger partial charge in [-0.15, -0.1) is 0 Å². The highest BCUT2D eigenvalue weighted by atomic mass is 16.5. The van der Waals surface area contributed by atoms with E-state index in [1.807, 2.05) is 6.20 Å². The standard InChI is InChI=1S/C54H61N4O/c1-13-54(12,14-2)38-18-17-19-40(28-38)57-35-58(57,49-31-36(51(3,4)5)22-25-48(49)57)41-29-39(53(9,10)11)30-43(33-41)59-42-23-24-45-44-20-15-16-21-46(44)56(47(45)34-42)50-32-37(26-27-55-50)52(6,7)8/h15-35H,13-14H2,1-12H3/q+1/t57-,58?/m0/s1. The van der Waals surface area contributed by atoms with E-state index in [9.17, 15) is 0 Å². The predicted molar refractivity (Wildman–Crippen MR) is 249 cm³/mol. The summed E-state index contributed by atoms with van der Waals surface area (Å²) in [5.41, 5.74) is 12.7. The van der Waals surface area contributed by atoms with Gasteiger partial charge < -0.3 is 4.74 Å². The Morgan fingerprint density at radius 1 is 0.525 bits per heavy atom. The van der Waals surface area contributed by atoms with Crippen molar-refractivity contribution >= 4 is 44.6 Å². The second-order valence-electron chi connectivity index (χ2n) is 20.5. The number of quaternary nitrogens is 2. The number of aromatic nitrogens is 2. The fourth-order valence-corrected chi connectivity index (χ4v) is 9.39. The van der Waals surface area contributed by atoms with Crippen LogP contribution < -0.4 is 13.9 Å².